The van der Waals surface area contributed by atoms with Crippen molar-refractivity contribution < 1.29 is 9.59 Å². The van der Waals surface area contributed by atoms with Crippen LogP contribution in [0.2, 0.25) is 0 Å². The topological polar surface area (TPSA) is 78.7 Å². The minimum Gasteiger partial charge on any atom is -0.399 e. The van der Waals surface area contributed by atoms with Crippen LogP contribution >= 0.6 is 24.8 Å². The van der Waals surface area contributed by atoms with E-state index in [0.717, 1.165) is 18.4 Å². The van der Waals surface area contributed by atoms with Gasteiger partial charge in [-0.05, 0) is 44.4 Å². The summed E-state index contributed by atoms with van der Waals surface area (Å²) in [7, 11) is 0. The van der Waals surface area contributed by atoms with Crippen molar-refractivity contribution in [2.45, 2.75) is 38.8 Å². The summed E-state index contributed by atoms with van der Waals surface area (Å²) in [5, 5.41) is 3.05. The van der Waals surface area contributed by atoms with Crippen molar-refractivity contribution in [1.29, 1.82) is 0 Å². The molecule has 6 nitrogen and oxygen atoms in total. The monoisotopic (exact) mass is 402 g/mol. The molecule has 1 aliphatic heterocycles. The Morgan fingerprint density at radius 1 is 1.15 bits per heavy atom. The zero-order chi connectivity index (χ0) is 17.3. The third kappa shape index (κ3) is 5.25. The van der Waals surface area contributed by atoms with Gasteiger partial charge in [0.15, 0.2) is 0 Å². The molecule has 146 valence electrons. The highest BCUT2D eigenvalue weighted by atomic mass is 35.5. The molecule has 26 heavy (non-hydrogen) atoms. The number of carbonyl (C=O) groups is 2. The van der Waals surface area contributed by atoms with E-state index < -0.39 is 0 Å². The molecular formula is C18H28Cl2N4O2. The van der Waals surface area contributed by atoms with Gasteiger partial charge in [-0.15, -0.1) is 24.8 Å². The number of hydrogen-bond donors (Lipinski definition) is 2. The Morgan fingerprint density at radius 3 is 2.35 bits per heavy atom. The Bertz CT molecular complexity index is 644. The molecule has 1 atom stereocenters. The van der Waals surface area contributed by atoms with E-state index in [0.29, 0.717) is 43.5 Å². The summed E-state index contributed by atoms with van der Waals surface area (Å²) < 4.78 is 0. The highest BCUT2D eigenvalue weighted by Gasteiger charge is 2.31. The lowest BCUT2D eigenvalue weighted by atomic mass is 10.1. The second-order valence-corrected chi connectivity index (χ2v) is 6.86. The molecule has 1 saturated carbocycles. The average molecular weight is 403 g/mol. The number of aryl methyl sites for hydroxylation is 1. The molecule has 2 fully saturated rings. The molecule has 0 bridgehead atoms. The molecule has 3 N–H and O–H groups in total. The number of piperazine rings is 1. The van der Waals surface area contributed by atoms with Crippen molar-refractivity contribution >= 4 is 42.3 Å². The highest BCUT2D eigenvalue weighted by Crippen LogP contribution is 2.20. The fourth-order valence-corrected chi connectivity index (χ4v) is 3.07. The quantitative estimate of drug-likeness (QED) is 0.753. The number of hydrogen-bond acceptors (Lipinski definition) is 4. The molecule has 2 aliphatic rings. The summed E-state index contributed by atoms with van der Waals surface area (Å²) in [4.78, 5) is 28.9. The maximum atomic E-state index is 12.7. The second-order valence-electron chi connectivity index (χ2n) is 6.86. The van der Waals surface area contributed by atoms with Crippen LogP contribution in [0, 0.1) is 6.92 Å². The zero-order valence-corrected chi connectivity index (χ0v) is 16.9. The largest absolute Gasteiger partial charge is 0.399 e. The van der Waals surface area contributed by atoms with Crippen LogP contribution < -0.4 is 11.1 Å². The van der Waals surface area contributed by atoms with Gasteiger partial charge < -0.3 is 16.0 Å². The minimum atomic E-state index is -0.142. The molecule has 8 heteroatoms. The first-order valence-corrected chi connectivity index (χ1v) is 8.65. The number of nitrogens with two attached hydrogens (primary N) is 1. The Labute approximate surface area is 167 Å². The number of benzene rings is 1. The average Bonchev–Trinajstić information content (AvgIpc) is 3.40. The molecule has 1 aromatic rings. The van der Waals surface area contributed by atoms with E-state index in [-0.39, 0.29) is 42.7 Å². The smallest absolute Gasteiger partial charge is 0.254 e. The predicted molar refractivity (Wildman–Crippen MR) is 108 cm³/mol. The standard InChI is InChI=1S/C18H26N4O2.2ClH/c1-12-3-4-14(19)11-16(12)18(24)22-9-7-21(8-10-22)13(2)17(23)20-15-5-6-15;;/h3-4,11,13,15H,5-10,19H2,1-2H3,(H,20,23);2*1H. The van der Waals surface area contributed by atoms with Crippen LogP contribution in [-0.4, -0.2) is 59.9 Å². The number of halogens is 2. The molecule has 1 unspecified atom stereocenters. The molecule has 3 rings (SSSR count). The number of amides is 2. The van der Waals surface area contributed by atoms with Gasteiger partial charge in [0.2, 0.25) is 5.91 Å². The van der Waals surface area contributed by atoms with E-state index in [1.807, 2.05) is 30.9 Å². The molecule has 1 aliphatic carbocycles. The lowest BCUT2D eigenvalue weighted by Crippen LogP contribution is -2.55. The van der Waals surface area contributed by atoms with Gasteiger partial charge in [-0.25, -0.2) is 0 Å². The molecule has 0 spiro atoms. The Morgan fingerprint density at radius 2 is 1.77 bits per heavy atom. The van der Waals surface area contributed by atoms with Crippen LogP contribution in [0.3, 0.4) is 0 Å². The van der Waals surface area contributed by atoms with Crippen LogP contribution in [0.1, 0.15) is 35.7 Å². The second kappa shape index (κ2) is 9.44. The zero-order valence-electron chi connectivity index (χ0n) is 15.2. The number of nitrogens with one attached hydrogen (secondary N) is 1. The van der Waals surface area contributed by atoms with Crippen LogP contribution in [0.15, 0.2) is 18.2 Å². The molecule has 0 aromatic heterocycles. The number of anilines is 1. The van der Waals surface area contributed by atoms with Gasteiger partial charge in [0, 0.05) is 43.5 Å². The normalized spacial score (nSPS) is 18.3. The van der Waals surface area contributed by atoms with Gasteiger partial charge in [0.05, 0.1) is 6.04 Å². The maximum absolute atomic E-state index is 12.7. The van der Waals surface area contributed by atoms with E-state index in [1.54, 1.807) is 6.07 Å². The van der Waals surface area contributed by atoms with E-state index >= 15 is 0 Å². The Hall–Kier alpha value is -1.50. The van der Waals surface area contributed by atoms with Crippen molar-refractivity contribution in [2.24, 2.45) is 0 Å². The summed E-state index contributed by atoms with van der Waals surface area (Å²) in [5.74, 6) is 0.124. The Balaban J connectivity index is 0.00000169. The van der Waals surface area contributed by atoms with E-state index in [4.69, 9.17) is 5.73 Å². The van der Waals surface area contributed by atoms with Gasteiger partial charge in [0.25, 0.3) is 5.91 Å². The van der Waals surface area contributed by atoms with Crippen molar-refractivity contribution in [3.8, 4) is 0 Å². The van der Waals surface area contributed by atoms with Crippen LogP contribution in [-0.2, 0) is 4.79 Å². The highest BCUT2D eigenvalue weighted by molar-refractivity contribution is 5.96. The fourth-order valence-electron chi connectivity index (χ4n) is 3.07. The van der Waals surface area contributed by atoms with E-state index in [1.165, 1.54) is 0 Å². The first kappa shape index (κ1) is 22.5. The molecule has 1 aromatic carbocycles. The summed E-state index contributed by atoms with van der Waals surface area (Å²) in [6.45, 7) is 6.56. The number of nitrogens with zero attached hydrogens (tertiary/aromatic N) is 2. The fraction of sp³-hybridized carbons (Fsp3) is 0.556. The molecule has 0 radical (unpaired) electrons. The van der Waals surface area contributed by atoms with Crippen LogP contribution in [0.25, 0.3) is 0 Å². The number of nitrogen functional groups attached to an aromatic ring is 1. The van der Waals surface area contributed by atoms with Gasteiger partial charge in [-0.1, -0.05) is 6.07 Å². The van der Waals surface area contributed by atoms with E-state index in [2.05, 4.69) is 10.2 Å². The predicted octanol–water partition coefficient (Wildman–Crippen LogP) is 1.85. The van der Waals surface area contributed by atoms with Gasteiger partial charge in [-0.3, -0.25) is 14.5 Å². The minimum absolute atomic E-state index is 0. The van der Waals surface area contributed by atoms with Crippen molar-refractivity contribution in [2.75, 3.05) is 31.9 Å². The molecular weight excluding hydrogens is 375 g/mol. The molecule has 1 saturated heterocycles. The van der Waals surface area contributed by atoms with Crippen molar-refractivity contribution in [1.82, 2.24) is 15.1 Å². The van der Waals surface area contributed by atoms with Crippen molar-refractivity contribution in [3.05, 3.63) is 29.3 Å². The number of rotatable bonds is 4. The first-order valence-electron chi connectivity index (χ1n) is 8.65. The number of carbonyl (C=O) groups excluding carboxylic acids is 2. The Kier molecular flexibility index (Phi) is 8.18. The van der Waals surface area contributed by atoms with Crippen LogP contribution in [0.4, 0.5) is 5.69 Å². The summed E-state index contributed by atoms with van der Waals surface area (Å²) >= 11 is 0. The third-order valence-electron chi connectivity index (χ3n) is 4.94. The molecule has 1 heterocycles. The van der Waals surface area contributed by atoms with Gasteiger partial charge >= 0.3 is 0 Å². The summed E-state index contributed by atoms with van der Waals surface area (Å²) in [5.41, 5.74) is 8.02. The van der Waals surface area contributed by atoms with Gasteiger partial charge in [-0.2, -0.15) is 0 Å². The lowest BCUT2D eigenvalue weighted by Gasteiger charge is -2.37. The first-order chi connectivity index (χ1) is 11.5. The summed E-state index contributed by atoms with van der Waals surface area (Å²) in [6, 6.07) is 5.68. The SMILES string of the molecule is Cc1ccc(N)cc1C(=O)N1CCN(C(C)C(=O)NC2CC2)CC1.Cl.Cl. The summed E-state index contributed by atoms with van der Waals surface area (Å²) in [6.07, 6.45) is 2.20. The van der Waals surface area contributed by atoms with E-state index in [9.17, 15) is 9.59 Å². The third-order valence-corrected chi connectivity index (χ3v) is 4.94. The van der Waals surface area contributed by atoms with Gasteiger partial charge in [0.1, 0.15) is 0 Å². The molecule has 2 amide bonds. The van der Waals surface area contributed by atoms with Crippen LogP contribution in [0.5, 0.6) is 0 Å². The van der Waals surface area contributed by atoms with Crippen molar-refractivity contribution in [3.63, 3.8) is 0 Å². The lowest BCUT2D eigenvalue weighted by molar-refractivity contribution is -0.126. The maximum Gasteiger partial charge on any atom is 0.254 e.